The van der Waals surface area contributed by atoms with Crippen LogP contribution in [-0.4, -0.2) is 7.11 Å². The zero-order chi connectivity index (χ0) is 13.8. The van der Waals surface area contributed by atoms with Crippen LogP contribution in [0, 0.1) is 17.1 Å². The molecule has 0 aliphatic rings. The summed E-state index contributed by atoms with van der Waals surface area (Å²) < 4.78 is 18.6. The van der Waals surface area contributed by atoms with Crippen molar-refractivity contribution in [2.24, 2.45) is 0 Å². The Hall–Kier alpha value is -2.74. The molecule has 0 saturated carbocycles. The van der Waals surface area contributed by atoms with Crippen LogP contribution in [0.1, 0.15) is 5.56 Å². The van der Waals surface area contributed by atoms with E-state index in [0.29, 0.717) is 22.7 Å². The molecule has 0 spiro atoms. The minimum Gasteiger partial charge on any atom is -0.495 e. The number of para-hydroxylation sites is 2. The summed E-state index contributed by atoms with van der Waals surface area (Å²) in [5.74, 6) is -0.0267. The molecule has 0 aromatic heterocycles. The van der Waals surface area contributed by atoms with Gasteiger partial charge < -0.3 is 15.8 Å². The zero-order valence-corrected chi connectivity index (χ0v) is 10.3. The van der Waals surface area contributed by atoms with Gasteiger partial charge in [0.15, 0.2) is 0 Å². The minimum absolute atomic E-state index is 0.00250. The van der Waals surface area contributed by atoms with Crippen LogP contribution in [-0.2, 0) is 0 Å². The van der Waals surface area contributed by atoms with Gasteiger partial charge in [0.25, 0.3) is 0 Å². The number of nitrogens with two attached hydrogens (primary N) is 1. The molecule has 2 aromatic carbocycles. The van der Waals surface area contributed by atoms with Gasteiger partial charge in [0.2, 0.25) is 0 Å². The number of methoxy groups -OCH3 is 1. The van der Waals surface area contributed by atoms with Crippen LogP contribution < -0.4 is 15.8 Å². The van der Waals surface area contributed by atoms with Gasteiger partial charge in [0.1, 0.15) is 17.6 Å². The number of anilines is 3. The number of nitriles is 1. The number of hydrogen-bond acceptors (Lipinski definition) is 4. The number of rotatable bonds is 3. The second-order valence-electron chi connectivity index (χ2n) is 3.82. The summed E-state index contributed by atoms with van der Waals surface area (Å²) >= 11 is 0. The fraction of sp³-hybridized carbons (Fsp3) is 0.0714. The molecule has 0 atom stereocenters. The van der Waals surface area contributed by atoms with Gasteiger partial charge in [-0.3, -0.25) is 0 Å². The van der Waals surface area contributed by atoms with E-state index in [-0.39, 0.29) is 5.69 Å². The summed E-state index contributed by atoms with van der Waals surface area (Å²) in [6, 6.07) is 11.5. The molecule has 0 saturated heterocycles. The number of ether oxygens (including phenoxy) is 1. The predicted octanol–water partition coefficient (Wildman–Crippen LogP) is 3.03. The Bertz CT molecular complexity index is 650. The third-order valence-corrected chi connectivity index (χ3v) is 2.68. The zero-order valence-electron chi connectivity index (χ0n) is 10.3. The summed E-state index contributed by atoms with van der Waals surface area (Å²) in [7, 11) is 1.50. The van der Waals surface area contributed by atoms with Gasteiger partial charge in [-0.2, -0.15) is 5.26 Å². The van der Waals surface area contributed by atoms with Crippen LogP contribution in [0.5, 0.6) is 5.75 Å². The maximum Gasteiger partial charge on any atom is 0.148 e. The van der Waals surface area contributed by atoms with Crippen molar-refractivity contribution in [3.63, 3.8) is 0 Å². The van der Waals surface area contributed by atoms with Gasteiger partial charge in [-0.05, 0) is 24.3 Å². The highest BCUT2D eigenvalue weighted by Gasteiger charge is 2.11. The molecule has 0 aliphatic heterocycles. The summed E-state index contributed by atoms with van der Waals surface area (Å²) in [5, 5.41) is 12.0. The summed E-state index contributed by atoms with van der Waals surface area (Å²) in [6.45, 7) is 0. The minimum atomic E-state index is -0.515. The van der Waals surface area contributed by atoms with Crippen molar-refractivity contribution in [2.45, 2.75) is 0 Å². The van der Waals surface area contributed by atoms with E-state index in [1.165, 1.54) is 19.2 Å². The van der Waals surface area contributed by atoms with E-state index in [9.17, 15) is 4.39 Å². The summed E-state index contributed by atoms with van der Waals surface area (Å²) in [6.07, 6.45) is 0. The monoisotopic (exact) mass is 257 g/mol. The lowest BCUT2D eigenvalue weighted by molar-refractivity contribution is 0.416. The predicted molar refractivity (Wildman–Crippen MR) is 71.8 cm³/mol. The summed E-state index contributed by atoms with van der Waals surface area (Å²) in [5.41, 5.74) is 6.89. The normalized spacial score (nSPS) is 9.74. The molecule has 0 radical (unpaired) electrons. The molecule has 0 bridgehead atoms. The third-order valence-electron chi connectivity index (χ3n) is 2.68. The van der Waals surface area contributed by atoms with Crippen LogP contribution in [0.4, 0.5) is 21.5 Å². The Morgan fingerprint density at radius 2 is 2.00 bits per heavy atom. The molecule has 2 rings (SSSR count). The number of nitrogen functional groups attached to an aromatic ring is 1. The van der Waals surface area contributed by atoms with E-state index in [4.69, 9.17) is 15.7 Å². The van der Waals surface area contributed by atoms with E-state index < -0.39 is 5.82 Å². The second kappa shape index (κ2) is 5.27. The van der Waals surface area contributed by atoms with Gasteiger partial charge >= 0.3 is 0 Å². The molecule has 96 valence electrons. The number of hydrogen-bond donors (Lipinski definition) is 2. The van der Waals surface area contributed by atoms with Gasteiger partial charge in [-0.25, -0.2) is 4.39 Å². The third kappa shape index (κ3) is 2.43. The Labute approximate surface area is 110 Å². The lowest BCUT2D eigenvalue weighted by Crippen LogP contribution is -2.02. The molecule has 0 heterocycles. The van der Waals surface area contributed by atoms with E-state index in [1.54, 1.807) is 24.3 Å². The van der Waals surface area contributed by atoms with Crippen molar-refractivity contribution >= 4 is 17.1 Å². The van der Waals surface area contributed by atoms with Crippen molar-refractivity contribution in [3.8, 4) is 11.8 Å². The first-order chi connectivity index (χ1) is 9.17. The maximum atomic E-state index is 13.4. The van der Waals surface area contributed by atoms with Gasteiger partial charge in [-0.15, -0.1) is 0 Å². The largest absolute Gasteiger partial charge is 0.495 e. The van der Waals surface area contributed by atoms with E-state index in [2.05, 4.69) is 5.32 Å². The Morgan fingerprint density at radius 1 is 1.26 bits per heavy atom. The average molecular weight is 257 g/mol. The highest BCUT2D eigenvalue weighted by molar-refractivity contribution is 5.78. The first-order valence-electron chi connectivity index (χ1n) is 5.55. The van der Waals surface area contributed by atoms with Crippen LogP contribution in [0.2, 0.25) is 0 Å². The number of nitrogens with zero attached hydrogens (tertiary/aromatic N) is 1. The first-order valence-corrected chi connectivity index (χ1v) is 5.55. The van der Waals surface area contributed by atoms with Crippen molar-refractivity contribution in [1.82, 2.24) is 0 Å². The SMILES string of the molecule is COc1cccc(C#N)c1Nc1cccc(F)c1N. The van der Waals surface area contributed by atoms with Crippen LogP contribution in [0.3, 0.4) is 0 Å². The Balaban J connectivity index is 2.49. The highest BCUT2D eigenvalue weighted by Crippen LogP contribution is 2.33. The molecule has 0 unspecified atom stereocenters. The van der Waals surface area contributed by atoms with Crippen molar-refractivity contribution in [2.75, 3.05) is 18.2 Å². The quantitative estimate of drug-likeness (QED) is 0.829. The van der Waals surface area contributed by atoms with Crippen LogP contribution in [0.15, 0.2) is 36.4 Å². The molecule has 0 aliphatic carbocycles. The van der Waals surface area contributed by atoms with Gasteiger partial charge in [0, 0.05) is 0 Å². The van der Waals surface area contributed by atoms with E-state index >= 15 is 0 Å². The number of nitrogens with one attached hydrogen (secondary N) is 1. The molecular weight excluding hydrogens is 245 g/mol. The molecule has 5 heteroatoms. The Kier molecular flexibility index (Phi) is 3.53. The smallest absolute Gasteiger partial charge is 0.148 e. The highest BCUT2D eigenvalue weighted by atomic mass is 19.1. The van der Waals surface area contributed by atoms with Gasteiger partial charge in [-0.1, -0.05) is 12.1 Å². The lowest BCUT2D eigenvalue weighted by Gasteiger charge is -2.14. The van der Waals surface area contributed by atoms with E-state index in [0.717, 1.165) is 0 Å². The van der Waals surface area contributed by atoms with E-state index in [1.807, 2.05) is 6.07 Å². The molecular formula is C14H12FN3O. The first kappa shape index (κ1) is 12.7. The topological polar surface area (TPSA) is 71.1 Å². The molecule has 2 aromatic rings. The maximum absolute atomic E-state index is 13.4. The summed E-state index contributed by atoms with van der Waals surface area (Å²) in [4.78, 5) is 0. The van der Waals surface area contributed by atoms with Crippen molar-refractivity contribution in [1.29, 1.82) is 5.26 Å². The van der Waals surface area contributed by atoms with Crippen molar-refractivity contribution < 1.29 is 9.13 Å². The number of benzene rings is 2. The van der Waals surface area contributed by atoms with Gasteiger partial charge in [0.05, 0.1) is 29.7 Å². The molecule has 3 N–H and O–H groups in total. The van der Waals surface area contributed by atoms with Crippen molar-refractivity contribution in [3.05, 3.63) is 47.8 Å². The second-order valence-corrected chi connectivity index (χ2v) is 3.82. The molecule has 0 fully saturated rings. The lowest BCUT2D eigenvalue weighted by atomic mass is 10.1. The van der Waals surface area contributed by atoms with Crippen LogP contribution in [0.25, 0.3) is 0 Å². The Morgan fingerprint density at radius 3 is 2.68 bits per heavy atom. The number of halogens is 1. The fourth-order valence-corrected chi connectivity index (χ4v) is 1.70. The molecule has 0 amide bonds. The molecule has 19 heavy (non-hydrogen) atoms. The molecule has 4 nitrogen and oxygen atoms in total. The fourth-order valence-electron chi connectivity index (χ4n) is 1.70. The standard InChI is InChI=1S/C14H12FN3O/c1-19-12-7-2-4-9(8-16)14(12)18-11-6-3-5-10(15)13(11)17/h2-7,18H,17H2,1H3. The average Bonchev–Trinajstić information content (AvgIpc) is 2.44. The van der Waals surface area contributed by atoms with Crippen LogP contribution >= 0.6 is 0 Å².